The van der Waals surface area contributed by atoms with Gasteiger partial charge >= 0.3 is 5.97 Å². The van der Waals surface area contributed by atoms with Gasteiger partial charge in [0.1, 0.15) is 6.04 Å². The summed E-state index contributed by atoms with van der Waals surface area (Å²) in [6.45, 7) is 0. The van der Waals surface area contributed by atoms with Gasteiger partial charge in [0.15, 0.2) is 5.82 Å². The summed E-state index contributed by atoms with van der Waals surface area (Å²) in [4.78, 5) is 14.7. The third kappa shape index (κ3) is 3.41. The Morgan fingerprint density at radius 3 is 2.43 bits per heavy atom. The van der Waals surface area contributed by atoms with Crippen molar-refractivity contribution in [2.45, 2.75) is 11.1 Å². The number of hydrogen-bond acceptors (Lipinski definition) is 4. The van der Waals surface area contributed by atoms with Crippen molar-refractivity contribution in [1.82, 2.24) is 9.71 Å². The van der Waals surface area contributed by atoms with Crippen molar-refractivity contribution in [3.63, 3.8) is 0 Å². The minimum Gasteiger partial charge on any atom is -0.480 e. The highest BCUT2D eigenvalue weighted by molar-refractivity contribution is 7.89. The summed E-state index contributed by atoms with van der Waals surface area (Å²) in [5.41, 5.74) is 0.227. The topological polar surface area (TPSA) is 96.4 Å². The Morgan fingerprint density at radius 2 is 1.86 bits per heavy atom. The number of sulfonamides is 1. The quantitative estimate of drug-likeness (QED) is 0.868. The fraction of sp³-hybridized carbons (Fsp3) is 0.0769. The van der Waals surface area contributed by atoms with Gasteiger partial charge in [-0.2, -0.15) is 4.72 Å². The fourth-order valence-corrected chi connectivity index (χ4v) is 2.87. The molecule has 2 N–H and O–H groups in total. The lowest BCUT2D eigenvalue weighted by Crippen LogP contribution is -2.34. The molecular formula is C13H11FN2O4S. The van der Waals surface area contributed by atoms with Crippen molar-refractivity contribution >= 4 is 16.0 Å². The number of aromatic nitrogens is 1. The van der Waals surface area contributed by atoms with Gasteiger partial charge in [-0.25, -0.2) is 17.8 Å². The average Bonchev–Trinajstić information content (AvgIpc) is 2.46. The number of nitrogens with one attached hydrogen (secondary N) is 1. The molecule has 0 saturated carbocycles. The number of pyridine rings is 1. The predicted octanol–water partition coefficient (Wildman–Crippen LogP) is 1.32. The number of halogens is 1. The van der Waals surface area contributed by atoms with E-state index in [1.165, 1.54) is 18.2 Å². The number of benzene rings is 1. The normalized spacial score (nSPS) is 12.8. The SMILES string of the molecule is O=C(O)[C@@H](NS(=O)(=O)c1ncccc1F)c1ccccc1. The van der Waals surface area contributed by atoms with Gasteiger partial charge in [0, 0.05) is 6.20 Å². The minimum absolute atomic E-state index is 0.227. The zero-order valence-corrected chi connectivity index (χ0v) is 11.4. The van der Waals surface area contributed by atoms with Gasteiger partial charge in [0.05, 0.1) is 0 Å². The molecule has 0 aliphatic rings. The molecule has 0 unspecified atom stereocenters. The highest BCUT2D eigenvalue weighted by Gasteiger charge is 2.29. The molecule has 0 aliphatic heterocycles. The molecule has 0 fully saturated rings. The molecule has 0 amide bonds. The molecule has 6 nitrogen and oxygen atoms in total. The van der Waals surface area contributed by atoms with E-state index in [9.17, 15) is 17.6 Å². The molecule has 8 heteroatoms. The first kappa shape index (κ1) is 15.1. The number of carboxylic acid groups (broad SMARTS) is 1. The first-order chi connectivity index (χ1) is 9.92. The molecule has 0 bridgehead atoms. The lowest BCUT2D eigenvalue weighted by atomic mass is 10.1. The standard InChI is InChI=1S/C13H11FN2O4S/c14-10-7-4-8-15-12(10)21(19,20)16-11(13(17)18)9-5-2-1-3-6-9/h1-8,11,16H,(H,17,18)/t11-/m0/s1. The third-order valence-electron chi connectivity index (χ3n) is 2.63. The van der Waals surface area contributed by atoms with E-state index in [0.717, 1.165) is 12.3 Å². The van der Waals surface area contributed by atoms with Crippen LogP contribution in [0.3, 0.4) is 0 Å². The highest BCUT2D eigenvalue weighted by atomic mass is 32.2. The summed E-state index contributed by atoms with van der Waals surface area (Å²) < 4.78 is 39.6. The number of aliphatic carboxylic acids is 1. The van der Waals surface area contributed by atoms with Crippen LogP contribution in [-0.4, -0.2) is 24.5 Å². The third-order valence-corrected chi connectivity index (χ3v) is 3.99. The van der Waals surface area contributed by atoms with Crippen LogP contribution in [-0.2, 0) is 14.8 Å². The summed E-state index contributed by atoms with van der Waals surface area (Å²) in [7, 11) is -4.40. The maximum Gasteiger partial charge on any atom is 0.326 e. The average molecular weight is 310 g/mol. The van der Waals surface area contributed by atoms with Crippen LogP contribution in [0.4, 0.5) is 4.39 Å². The molecule has 2 rings (SSSR count). The van der Waals surface area contributed by atoms with E-state index in [0.29, 0.717) is 0 Å². The number of carbonyl (C=O) groups is 1. The van der Waals surface area contributed by atoms with Crippen molar-refractivity contribution < 1.29 is 22.7 Å². The first-order valence-corrected chi connectivity index (χ1v) is 7.31. The van der Waals surface area contributed by atoms with E-state index in [-0.39, 0.29) is 5.56 Å². The van der Waals surface area contributed by atoms with Crippen molar-refractivity contribution in [3.8, 4) is 0 Å². The number of hydrogen-bond donors (Lipinski definition) is 2. The first-order valence-electron chi connectivity index (χ1n) is 5.82. The Labute approximate surface area is 120 Å². The van der Waals surface area contributed by atoms with Crippen LogP contribution in [0.25, 0.3) is 0 Å². The Kier molecular flexibility index (Phi) is 4.29. The van der Waals surface area contributed by atoms with Gasteiger partial charge in [-0.1, -0.05) is 30.3 Å². The Hall–Kier alpha value is -2.32. The number of nitrogens with zero attached hydrogens (tertiary/aromatic N) is 1. The van der Waals surface area contributed by atoms with E-state index >= 15 is 0 Å². The second-order valence-electron chi connectivity index (χ2n) is 4.09. The van der Waals surface area contributed by atoms with Crippen LogP contribution in [0, 0.1) is 5.82 Å². The van der Waals surface area contributed by atoms with Crippen LogP contribution in [0.15, 0.2) is 53.7 Å². The molecule has 0 radical (unpaired) electrons. The summed E-state index contributed by atoms with van der Waals surface area (Å²) in [5.74, 6) is -2.46. The molecule has 21 heavy (non-hydrogen) atoms. The van der Waals surface area contributed by atoms with E-state index < -0.39 is 32.9 Å². The fourth-order valence-electron chi connectivity index (χ4n) is 1.69. The highest BCUT2D eigenvalue weighted by Crippen LogP contribution is 2.18. The predicted molar refractivity (Wildman–Crippen MR) is 71.3 cm³/mol. The number of carboxylic acids is 1. The Balaban J connectivity index is 2.38. The second kappa shape index (κ2) is 5.98. The van der Waals surface area contributed by atoms with Crippen LogP contribution >= 0.6 is 0 Å². The molecule has 110 valence electrons. The number of rotatable bonds is 5. The van der Waals surface area contributed by atoms with E-state index in [1.807, 2.05) is 4.72 Å². The van der Waals surface area contributed by atoms with Crippen LogP contribution in [0.2, 0.25) is 0 Å². The summed E-state index contributed by atoms with van der Waals surface area (Å²) in [6.07, 6.45) is 1.11. The van der Waals surface area contributed by atoms with Gasteiger partial charge in [0.2, 0.25) is 5.03 Å². The molecule has 1 aromatic carbocycles. The molecule has 0 saturated heterocycles. The van der Waals surface area contributed by atoms with Crippen LogP contribution in [0.1, 0.15) is 11.6 Å². The van der Waals surface area contributed by atoms with E-state index in [4.69, 9.17) is 5.11 Å². The van der Waals surface area contributed by atoms with Gasteiger partial charge in [-0.3, -0.25) is 4.79 Å². The van der Waals surface area contributed by atoms with Crippen LogP contribution in [0.5, 0.6) is 0 Å². The maximum absolute atomic E-state index is 13.5. The summed E-state index contributed by atoms with van der Waals surface area (Å²) in [6, 6.07) is 8.35. The van der Waals surface area contributed by atoms with Crippen molar-refractivity contribution in [1.29, 1.82) is 0 Å². The smallest absolute Gasteiger partial charge is 0.326 e. The lowest BCUT2D eigenvalue weighted by Gasteiger charge is -2.14. The molecule has 1 heterocycles. The van der Waals surface area contributed by atoms with Gasteiger partial charge in [-0.05, 0) is 17.7 Å². The molecule has 1 atom stereocenters. The van der Waals surface area contributed by atoms with E-state index in [1.54, 1.807) is 18.2 Å². The van der Waals surface area contributed by atoms with Crippen molar-refractivity contribution in [3.05, 3.63) is 60.0 Å². The monoisotopic (exact) mass is 310 g/mol. The summed E-state index contributed by atoms with van der Waals surface area (Å²) >= 11 is 0. The summed E-state index contributed by atoms with van der Waals surface area (Å²) in [5, 5.41) is 8.32. The lowest BCUT2D eigenvalue weighted by molar-refractivity contribution is -0.139. The van der Waals surface area contributed by atoms with Gasteiger partial charge in [0.25, 0.3) is 10.0 Å². The Bertz CT molecular complexity index is 750. The molecule has 2 aromatic rings. The second-order valence-corrected chi connectivity index (χ2v) is 5.72. The maximum atomic E-state index is 13.5. The van der Waals surface area contributed by atoms with Crippen LogP contribution < -0.4 is 4.72 Å². The molecular weight excluding hydrogens is 299 g/mol. The van der Waals surface area contributed by atoms with Crippen molar-refractivity contribution in [2.75, 3.05) is 0 Å². The molecule has 0 aliphatic carbocycles. The molecule has 1 aromatic heterocycles. The minimum atomic E-state index is -4.40. The van der Waals surface area contributed by atoms with Gasteiger partial charge < -0.3 is 5.11 Å². The zero-order valence-electron chi connectivity index (χ0n) is 10.6. The van der Waals surface area contributed by atoms with E-state index in [2.05, 4.69) is 4.98 Å². The Morgan fingerprint density at radius 1 is 1.19 bits per heavy atom. The largest absolute Gasteiger partial charge is 0.480 e. The van der Waals surface area contributed by atoms with Gasteiger partial charge in [-0.15, -0.1) is 0 Å². The van der Waals surface area contributed by atoms with Crippen molar-refractivity contribution in [2.24, 2.45) is 0 Å². The zero-order chi connectivity index (χ0) is 15.5. The molecule has 0 spiro atoms.